The Morgan fingerprint density at radius 1 is 1.05 bits per heavy atom. The first kappa shape index (κ1) is 14.5. The fourth-order valence-corrected chi connectivity index (χ4v) is 2.67. The lowest BCUT2D eigenvalue weighted by Crippen LogP contribution is -2.27. The van der Waals surface area contributed by atoms with Gasteiger partial charge in [0.1, 0.15) is 5.76 Å². The van der Waals surface area contributed by atoms with Gasteiger partial charge in [0, 0.05) is 17.5 Å². The summed E-state index contributed by atoms with van der Waals surface area (Å²) in [5, 5.41) is 32.2. The van der Waals surface area contributed by atoms with Crippen LogP contribution in [-0.4, -0.2) is 28.4 Å². The van der Waals surface area contributed by atoms with E-state index in [0.717, 1.165) is 25.9 Å². The van der Waals surface area contributed by atoms with Gasteiger partial charge in [-0.2, -0.15) is 0 Å². The molecule has 0 amide bonds. The van der Waals surface area contributed by atoms with E-state index in [2.05, 4.69) is 5.32 Å². The van der Waals surface area contributed by atoms with Crippen molar-refractivity contribution < 1.29 is 19.7 Å². The topological polar surface area (TPSA) is 103 Å². The molecule has 0 unspecified atom stereocenters. The fraction of sp³-hybridized carbons (Fsp3) is 0.312. The lowest BCUT2D eigenvalue weighted by molar-refractivity contribution is 0.366. The summed E-state index contributed by atoms with van der Waals surface area (Å²) in [5.41, 5.74) is -0.178. The van der Waals surface area contributed by atoms with E-state index in [9.17, 15) is 20.1 Å². The third-order valence-corrected chi connectivity index (χ3v) is 3.92. The Morgan fingerprint density at radius 3 is 2.45 bits per heavy atom. The normalized spacial score (nSPS) is 15.8. The van der Waals surface area contributed by atoms with Crippen LogP contribution in [0.1, 0.15) is 24.5 Å². The number of phenols is 2. The summed E-state index contributed by atoms with van der Waals surface area (Å²) in [5.74, 6) is -0.447. The molecule has 0 atom stereocenters. The molecule has 0 radical (unpaired) electrons. The first-order valence-corrected chi connectivity index (χ1v) is 7.16. The number of piperidine rings is 1. The average molecular weight is 303 g/mol. The molecule has 1 fully saturated rings. The molecule has 2 heterocycles. The summed E-state index contributed by atoms with van der Waals surface area (Å²) in [7, 11) is 0. The molecule has 2 aromatic rings. The Morgan fingerprint density at radius 2 is 1.77 bits per heavy atom. The van der Waals surface area contributed by atoms with Crippen LogP contribution in [-0.2, 0) is 0 Å². The molecule has 1 aliphatic heterocycles. The number of hydrogen-bond acceptors (Lipinski definition) is 6. The Bertz CT molecular complexity index is 747. The van der Waals surface area contributed by atoms with E-state index in [-0.39, 0.29) is 23.2 Å². The van der Waals surface area contributed by atoms with Gasteiger partial charge in [0.15, 0.2) is 17.3 Å². The second kappa shape index (κ2) is 5.73. The number of nitrogens with one attached hydrogen (secondary N) is 1. The molecule has 0 saturated carbocycles. The van der Waals surface area contributed by atoms with Gasteiger partial charge in [-0.1, -0.05) is 0 Å². The molecule has 6 heteroatoms. The zero-order valence-corrected chi connectivity index (χ0v) is 11.9. The van der Waals surface area contributed by atoms with Crippen LogP contribution in [0.3, 0.4) is 0 Å². The summed E-state index contributed by atoms with van der Waals surface area (Å²) in [6.07, 6.45) is 1.71. The van der Waals surface area contributed by atoms with Crippen molar-refractivity contribution in [1.29, 1.82) is 0 Å². The quantitative estimate of drug-likeness (QED) is 0.632. The molecule has 0 bridgehead atoms. The van der Waals surface area contributed by atoms with E-state index in [0.29, 0.717) is 11.3 Å². The molecule has 116 valence electrons. The second-order valence-electron chi connectivity index (χ2n) is 5.42. The highest BCUT2D eigenvalue weighted by atomic mass is 16.4. The molecule has 22 heavy (non-hydrogen) atoms. The van der Waals surface area contributed by atoms with Crippen molar-refractivity contribution in [2.45, 2.75) is 18.8 Å². The highest BCUT2D eigenvalue weighted by Crippen LogP contribution is 2.36. The van der Waals surface area contributed by atoms with Crippen molar-refractivity contribution in [1.82, 2.24) is 5.32 Å². The van der Waals surface area contributed by atoms with Gasteiger partial charge in [0.25, 0.3) is 0 Å². The monoisotopic (exact) mass is 303 g/mol. The molecule has 1 aromatic carbocycles. The van der Waals surface area contributed by atoms with Crippen molar-refractivity contribution in [3.63, 3.8) is 0 Å². The van der Waals surface area contributed by atoms with Crippen LogP contribution in [0.5, 0.6) is 17.2 Å². The van der Waals surface area contributed by atoms with Crippen molar-refractivity contribution in [2.75, 3.05) is 13.1 Å². The molecule has 1 aromatic heterocycles. The number of aromatic hydroxyl groups is 3. The molecule has 3 rings (SSSR count). The highest BCUT2D eigenvalue weighted by Gasteiger charge is 2.22. The molecule has 6 nitrogen and oxygen atoms in total. The number of phenolic OH excluding ortho intramolecular Hbond substituents is 2. The van der Waals surface area contributed by atoms with Crippen LogP contribution in [0.25, 0.3) is 11.3 Å². The van der Waals surface area contributed by atoms with Crippen LogP contribution in [0, 0.1) is 0 Å². The molecule has 0 spiro atoms. The number of benzene rings is 1. The lowest BCUT2D eigenvalue weighted by atomic mass is 9.95. The van der Waals surface area contributed by atoms with Gasteiger partial charge in [-0.25, -0.2) is 0 Å². The van der Waals surface area contributed by atoms with E-state index in [1.807, 2.05) is 0 Å². The molecular weight excluding hydrogens is 286 g/mol. The van der Waals surface area contributed by atoms with E-state index in [1.165, 1.54) is 24.3 Å². The minimum atomic E-state index is -0.512. The fourth-order valence-electron chi connectivity index (χ4n) is 2.67. The minimum absolute atomic E-state index is 0.0105. The zero-order chi connectivity index (χ0) is 15.7. The van der Waals surface area contributed by atoms with Crippen LogP contribution in [0.2, 0.25) is 0 Å². The van der Waals surface area contributed by atoms with E-state index >= 15 is 0 Å². The maximum atomic E-state index is 12.0. The Kier molecular flexibility index (Phi) is 3.77. The average Bonchev–Trinajstić information content (AvgIpc) is 2.53. The van der Waals surface area contributed by atoms with Gasteiger partial charge >= 0.3 is 0 Å². The Labute approximate surface area is 126 Å². The summed E-state index contributed by atoms with van der Waals surface area (Å²) >= 11 is 0. The number of rotatable bonds is 2. The van der Waals surface area contributed by atoms with Crippen LogP contribution >= 0.6 is 0 Å². The Hall–Kier alpha value is -2.47. The van der Waals surface area contributed by atoms with E-state index < -0.39 is 11.2 Å². The third kappa shape index (κ3) is 2.65. The van der Waals surface area contributed by atoms with Gasteiger partial charge in [-0.15, -0.1) is 0 Å². The molecule has 1 aliphatic rings. The van der Waals surface area contributed by atoms with Crippen LogP contribution < -0.4 is 10.7 Å². The predicted octanol–water partition coefficient (Wildman–Crippen LogP) is 1.89. The van der Waals surface area contributed by atoms with Gasteiger partial charge < -0.3 is 25.1 Å². The molecule has 1 saturated heterocycles. The van der Waals surface area contributed by atoms with Gasteiger partial charge in [-0.3, -0.25) is 4.79 Å². The van der Waals surface area contributed by atoms with Crippen molar-refractivity contribution in [3.05, 3.63) is 40.2 Å². The predicted molar refractivity (Wildman–Crippen MR) is 80.3 cm³/mol. The molecule has 4 N–H and O–H groups in total. The molecule has 0 aliphatic carbocycles. The summed E-state index contributed by atoms with van der Waals surface area (Å²) in [6, 6.07) is 5.33. The highest BCUT2D eigenvalue weighted by molar-refractivity contribution is 5.67. The number of hydrogen-bond donors (Lipinski definition) is 4. The zero-order valence-electron chi connectivity index (χ0n) is 11.9. The van der Waals surface area contributed by atoms with Crippen molar-refractivity contribution in [3.8, 4) is 28.6 Å². The minimum Gasteiger partial charge on any atom is -0.504 e. The standard InChI is InChI=1S/C16H17NO5/c18-11-2-1-10(7-12(11)19)16-15(21)13(20)8-14(22-16)9-3-5-17-6-4-9/h1-2,7-9,17-19,21H,3-6H2. The lowest BCUT2D eigenvalue weighted by Gasteiger charge is -2.22. The smallest absolute Gasteiger partial charge is 0.227 e. The van der Waals surface area contributed by atoms with Gasteiger partial charge in [0.05, 0.1) is 0 Å². The Balaban J connectivity index is 2.08. The van der Waals surface area contributed by atoms with E-state index in [4.69, 9.17) is 4.42 Å². The van der Waals surface area contributed by atoms with Gasteiger partial charge in [0.2, 0.25) is 11.2 Å². The van der Waals surface area contributed by atoms with E-state index in [1.54, 1.807) is 0 Å². The third-order valence-electron chi connectivity index (χ3n) is 3.92. The molecular formula is C16H17NO5. The van der Waals surface area contributed by atoms with Crippen LogP contribution in [0.4, 0.5) is 0 Å². The second-order valence-corrected chi connectivity index (χ2v) is 5.42. The summed E-state index contributed by atoms with van der Waals surface area (Å²) in [6.45, 7) is 1.70. The van der Waals surface area contributed by atoms with Crippen molar-refractivity contribution >= 4 is 0 Å². The maximum absolute atomic E-state index is 12.0. The summed E-state index contributed by atoms with van der Waals surface area (Å²) < 4.78 is 5.74. The van der Waals surface area contributed by atoms with Gasteiger partial charge in [-0.05, 0) is 44.1 Å². The first-order valence-electron chi connectivity index (χ1n) is 7.16. The SMILES string of the molecule is O=c1cc(C2CCNCC2)oc(-c2ccc(O)c(O)c2)c1O. The van der Waals surface area contributed by atoms with Crippen LogP contribution in [0.15, 0.2) is 33.5 Å². The summed E-state index contributed by atoms with van der Waals surface area (Å²) in [4.78, 5) is 12.0. The first-order chi connectivity index (χ1) is 10.6. The van der Waals surface area contributed by atoms with Crippen molar-refractivity contribution in [2.24, 2.45) is 0 Å². The largest absolute Gasteiger partial charge is 0.504 e. The maximum Gasteiger partial charge on any atom is 0.227 e.